The van der Waals surface area contributed by atoms with Crippen molar-refractivity contribution in [2.24, 2.45) is 0 Å². The summed E-state index contributed by atoms with van der Waals surface area (Å²) in [5.41, 5.74) is 1.11. The first-order valence-electron chi connectivity index (χ1n) is 8.73. The van der Waals surface area contributed by atoms with Gasteiger partial charge in [0.05, 0.1) is 25.9 Å². The summed E-state index contributed by atoms with van der Waals surface area (Å²) >= 11 is 0. The third-order valence-electron chi connectivity index (χ3n) is 3.89. The van der Waals surface area contributed by atoms with E-state index in [0.717, 1.165) is 30.0 Å². The Balaban J connectivity index is 1.77. The average Bonchev–Trinajstić information content (AvgIpc) is 3.01. The summed E-state index contributed by atoms with van der Waals surface area (Å²) in [6.45, 7) is 5.51. The molecule has 1 N–H and O–H groups in total. The quantitative estimate of drug-likeness (QED) is 0.598. The molecule has 1 atom stereocenters. The molecular weight excluding hydrogens is 318 g/mol. The smallest absolute Gasteiger partial charge is 0.118 e. The molecule has 0 amide bonds. The Morgan fingerprint density at radius 2 is 1.96 bits per heavy atom. The molecule has 2 aromatic rings. The molecule has 0 fully saturated rings. The molecule has 5 nitrogen and oxygen atoms in total. The minimum Gasteiger partial charge on any atom is -0.465 e. The van der Waals surface area contributed by atoms with E-state index in [1.165, 1.54) is 0 Å². The molecule has 0 unspecified atom stereocenters. The van der Waals surface area contributed by atoms with Gasteiger partial charge in [-0.05, 0) is 31.0 Å². The molecule has 1 aromatic carbocycles. The third-order valence-corrected chi connectivity index (χ3v) is 3.89. The molecule has 0 saturated heterocycles. The highest BCUT2D eigenvalue weighted by molar-refractivity contribution is 5.13. The van der Waals surface area contributed by atoms with E-state index in [9.17, 15) is 5.11 Å². The van der Waals surface area contributed by atoms with E-state index in [1.54, 1.807) is 7.11 Å². The number of benzene rings is 1. The van der Waals surface area contributed by atoms with Crippen molar-refractivity contribution in [3.63, 3.8) is 0 Å². The van der Waals surface area contributed by atoms with Crippen LogP contribution in [0.1, 0.15) is 23.5 Å². The summed E-state index contributed by atoms with van der Waals surface area (Å²) in [5.74, 6) is 1.81. The molecule has 1 aromatic heterocycles. The first kappa shape index (κ1) is 19.7. The monoisotopic (exact) mass is 347 g/mol. The van der Waals surface area contributed by atoms with Crippen molar-refractivity contribution >= 4 is 0 Å². The number of hydrogen-bond acceptors (Lipinski definition) is 5. The van der Waals surface area contributed by atoms with Crippen LogP contribution in [-0.4, -0.2) is 49.5 Å². The molecule has 0 spiro atoms. The highest BCUT2D eigenvalue weighted by Gasteiger charge is 2.14. The lowest BCUT2D eigenvalue weighted by Crippen LogP contribution is -2.35. The first-order valence-corrected chi connectivity index (χ1v) is 8.73. The maximum absolute atomic E-state index is 10.3. The van der Waals surface area contributed by atoms with Crippen molar-refractivity contribution in [1.82, 2.24) is 4.90 Å². The lowest BCUT2D eigenvalue weighted by Gasteiger charge is -2.24. The number of rotatable bonds is 12. The van der Waals surface area contributed by atoms with E-state index in [-0.39, 0.29) is 0 Å². The summed E-state index contributed by atoms with van der Waals surface area (Å²) < 4.78 is 16.4. The van der Waals surface area contributed by atoms with Crippen LogP contribution in [0.3, 0.4) is 0 Å². The van der Waals surface area contributed by atoms with Crippen LogP contribution >= 0.6 is 0 Å². The zero-order chi connectivity index (χ0) is 17.9. The predicted molar refractivity (Wildman–Crippen MR) is 97.3 cm³/mol. The lowest BCUT2D eigenvalue weighted by atomic mass is 10.2. The van der Waals surface area contributed by atoms with Gasteiger partial charge in [-0.2, -0.15) is 0 Å². The van der Waals surface area contributed by atoms with Crippen LogP contribution in [0, 0.1) is 6.92 Å². The van der Waals surface area contributed by atoms with Gasteiger partial charge in [-0.1, -0.05) is 30.3 Å². The number of ether oxygens (including phenoxy) is 2. The van der Waals surface area contributed by atoms with Gasteiger partial charge in [-0.3, -0.25) is 4.90 Å². The van der Waals surface area contributed by atoms with Crippen LogP contribution in [0.4, 0.5) is 0 Å². The summed E-state index contributed by atoms with van der Waals surface area (Å²) in [7, 11) is 1.70. The fraction of sp³-hybridized carbons (Fsp3) is 0.500. The zero-order valence-corrected chi connectivity index (χ0v) is 15.2. The van der Waals surface area contributed by atoms with Gasteiger partial charge in [-0.15, -0.1) is 0 Å². The minimum atomic E-state index is -0.540. The number of aliphatic hydroxyl groups excluding tert-OH is 1. The number of methoxy groups -OCH3 is 1. The normalized spacial score (nSPS) is 12.6. The molecule has 138 valence electrons. The molecule has 5 heteroatoms. The molecule has 2 rings (SSSR count). The van der Waals surface area contributed by atoms with Crippen LogP contribution in [-0.2, 0) is 22.6 Å². The summed E-state index contributed by atoms with van der Waals surface area (Å²) in [4.78, 5) is 2.17. The van der Waals surface area contributed by atoms with Gasteiger partial charge in [0, 0.05) is 26.8 Å². The second-order valence-electron chi connectivity index (χ2n) is 6.25. The van der Waals surface area contributed by atoms with E-state index in [1.807, 2.05) is 49.4 Å². The maximum atomic E-state index is 10.3. The van der Waals surface area contributed by atoms with Gasteiger partial charge in [0.1, 0.15) is 11.5 Å². The Bertz CT molecular complexity index is 584. The van der Waals surface area contributed by atoms with Crippen LogP contribution in [0.25, 0.3) is 0 Å². The van der Waals surface area contributed by atoms with Gasteiger partial charge in [-0.25, -0.2) is 0 Å². The molecule has 0 aliphatic carbocycles. The van der Waals surface area contributed by atoms with Crippen molar-refractivity contribution in [3.05, 3.63) is 59.5 Å². The van der Waals surface area contributed by atoms with E-state index in [2.05, 4.69) is 4.90 Å². The Hall–Kier alpha value is -1.66. The summed E-state index contributed by atoms with van der Waals surface area (Å²) in [5, 5.41) is 10.3. The Labute approximate surface area is 150 Å². The standard InChI is InChI=1S/C20H29NO4/c1-17-9-10-20(25-17)14-21(11-6-12-23-2)13-19(22)16-24-15-18-7-4-3-5-8-18/h3-5,7-10,19,22H,6,11-16H2,1-2H3/t19-/m0/s1. The number of hydrogen-bond donors (Lipinski definition) is 1. The number of furan rings is 1. The first-order chi connectivity index (χ1) is 12.2. The van der Waals surface area contributed by atoms with Crippen molar-refractivity contribution in [3.8, 4) is 0 Å². The number of aryl methyl sites for hydroxylation is 1. The van der Waals surface area contributed by atoms with Crippen LogP contribution < -0.4 is 0 Å². The summed E-state index contributed by atoms with van der Waals surface area (Å²) in [6, 6.07) is 13.9. The van der Waals surface area contributed by atoms with Crippen molar-refractivity contribution < 1.29 is 19.0 Å². The molecule has 0 radical (unpaired) electrons. The van der Waals surface area contributed by atoms with Gasteiger partial charge in [0.25, 0.3) is 0 Å². The van der Waals surface area contributed by atoms with Gasteiger partial charge < -0.3 is 19.0 Å². The van der Waals surface area contributed by atoms with Gasteiger partial charge in [0.2, 0.25) is 0 Å². The van der Waals surface area contributed by atoms with Crippen LogP contribution in [0.5, 0.6) is 0 Å². The van der Waals surface area contributed by atoms with Crippen LogP contribution in [0.2, 0.25) is 0 Å². The van der Waals surface area contributed by atoms with Gasteiger partial charge in [0.15, 0.2) is 0 Å². The van der Waals surface area contributed by atoms with Crippen molar-refractivity contribution in [1.29, 1.82) is 0 Å². The minimum absolute atomic E-state index is 0.312. The Kier molecular flexibility index (Phi) is 8.69. The topological polar surface area (TPSA) is 55.1 Å². The molecule has 0 bridgehead atoms. The highest BCUT2D eigenvalue weighted by atomic mass is 16.5. The molecule has 0 saturated carbocycles. The second-order valence-corrected chi connectivity index (χ2v) is 6.25. The SMILES string of the molecule is COCCCN(Cc1ccc(C)o1)C[C@H](O)COCc1ccccc1. The fourth-order valence-electron chi connectivity index (χ4n) is 2.70. The largest absolute Gasteiger partial charge is 0.465 e. The van der Waals surface area contributed by atoms with E-state index in [0.29, 0.717) is 32.9 Å². The predicted octanol–water partition coefficient (Wildman–Crippen LogP) is 3.00. The van der Waals surface area contributed by atoms with Crippen molar-refractivity contribution in [2.45, 2.75) is 32.6 Å². The lowest BCUT2D eigenvalue weighted by molar-refractivity contribution is 0.00638. The fourth-order valence-corrected chi connectivity index (χ4v) is 2.70. The Morgan fingerprint density at radius 3 is 2.64 bits per heavy atom. The highest BCUT2D eigenvalue weighted by Crippen LogP contribution is 2.11. The molecule has 0 aliphatic rings. The molecule has 0 aliphatic heterocycles. The molecule has 1 heterocycles. The number of nitrogens with zero attached hydrogens (tertiary/aromatic N) is 1. The van der Waals surface area contributed by atoms with E-state index in [4.69, 9.17) is 13.9 Å². The van der Waals surface area contributed by atoms with Crippen LogP contribution in [0.15, 0.2) is 46.9 Å². The average molecular weight is 347 g/mol. The number of aliphatic hydroxyl groups is 1. The second kappa shape index (κ2) is 11.1. The van der Waals surface area contributed by atoms with E-state index < -0.39 is 6.10 Å². The molecule has 25 heavy (non-hydrogen) atoms. The van der Waals surface area contributed by atoms with Crippen molar-refractivity contribution in [2.75, 3.05) is 33.4 Å². The Morgan fingerprint density at radius 1 is 1.16 bits per heavy atom. The maximum Gasteiger partial charge on any atom is 0.118 e. The summed E-state index contributed by atoms with van der Waals surface area (Å²) in [6.07, 6.45) is 0.371. The molecular formula is C20H29NO4. The zero-order valence-electron chi connectivity index (χ0n) is 15.2. The van der Waals surface area contributed by atoms with Gasteiger partial charge >= 0.3 is 0 Å². The van der Waals surface area contributed by atoms with E-state index >= 15 is 0 Å². The third kappa shape index (κ3) is 7.84.